The van der Waals surface area contributed by atoms with E-state index in [1.165, 1.54) is 36.7 Å². The number of aryl methyl sites for hydroxylation is 1. The van der Waals surface area contributed by atoms with E-state index in [0.717, 1.165) is 11.4 Å². The second kappa shape index (κ2) is 5.18. The van der Waals surface area contributed by atoms with Crippen LogP contribution in [0.25, 0.3) is 0 Å². The first-order valence-corrected chi connectivity index (χ1v) is 7.14. The summed E-state index contributed by atoms with van der Waals surface area (Å²) in [4.78, 5) is 6.76. The molecule has 2 rings (SSSR count). The molecule has 0 amide bonds. The van der Waals surface area contributed by atoms with Gasteiger partial charge in [-0.25, -0.2) is 4.98 Å². The molecule has 2 N–H and O–H groups in total. The highest BCUT2D eigenvalue weighted by Gasteiger charge is 2.11. The molecule has 1 fully saturated rings. The number of hydrogen-bond acceptors (Lipinski definition) is 5. The van der Waals surface area contributed by atoms with Crippen molar-refractivity contribution in [2.24, 2.45) is 0 Å². The number of anilines is 1. The van der Waals surface area contributed by atoms with Crippen LogP contribution in [0.2, 0.25) is 0 Å². The van der Waals surface area contributed by atoms with Crippen LogP contribution < -0.4 is 5.73 Å². The minimum atomic E-state index is 0.691. The lowest BCUT2D eigenvalue weighted by molar-refractivity contribution is 0.362. The van der Waals surface area contributed by atoms with Crippen molar-refractivity contribution in [3.05, 3.63) is 5.69 Å². The van der Waals surface area contributed by atoms with E-state index < -0.39 is 0 Å². The molecule has 1 aromatic rings. The fraction of sp³-hybridized carbons (Fsp3) is 0.700. The molecule has 0 spiro atoms. The van der Waals surface area contributed by atoms with Gasteiger partial charge in [-0.1, -0.05) is 11.3 Å². The second-order valence-corrected chi connectivity index (χ2v) is 6.22. The van der Waals surface area contributed by atoms with Crippen LogP contribution in [0, 0.1) is 6.92 Å². The summed E-state index contributed by atoms with van der Waals surface area (Å²) >= 11 is 3.50. The molecule has 15 heavy (non-hydrogen) atoms. The lowest BCUT2D eigenvalue weighted by atomic mass is 10.4. The average molecular weight is 243 g/mol. The summed E-state index contributed by atoms with van der Waals surface area (Å²) in [6.07, 6.45) is 2.74. The highest BCUT2D eigenvalue weighted by molar-refractivity contribution is 8.01. The van der Waals surface area contributed by atoms with E-state index in [2.05, 4.69) is 9.88 Å². The Bertz CT molecular complexity index is 318. The number of rotatable bonds is 4. The standard InChI is InChI=1S/C10H17N3S2/c1-8-9(15-10(11)12-8)14-7-6-13-4-2-3-5-13/h2-7H2,1H3,(H2,11,12). The van der Waals surface area contributed by atoms with Crippen LogP contribution in [0.3, 0.4) is 0 Å². The summed E-state index contributed by atoms with van der Waals surface area (Å²) < 4.78 is 1.28. The van der Waals surface area contributed by atoms with Crippen molar-refractivity contribution in [2.45, 2.75) is 24.0 Å². The lowest BCUT2D eigenvalue weighted by Crippen LogP contribution is -2.21. The number of aromatic nitrogens is 1. The molecule has 1 aliphatic heterocycles. The van der Waals surface area contributed by atoms with Gasteiger partial charge in [0.25, 0.3) is 0 Å². The Balaban J connectivity index is 1.75. The molecule has 0 aliphatic carbocycles. The normalized spacial score (nSPS) is 17.4. The Morgan fingerprint density at radius 1 is 1.47 bits per heavy atom. The maximum Gasteiger partial charge on any atom is 0.181 e. The smallest absolute Gasteiger partial charge is 0.181 e. The summed E-state index contributed by atoms with van der Waals surface area (Å²) in [5.41, 5.74) is 6.74. The molecule has 3 nitrogen and oxygen atoms in total. The first-order chi connectivity index (χ1) is 7.25. The fourth-order valence-corrected chi connectivity index (χ4v) is 3.91. The van der Waals surface area contributed by atoms with Gasteiger partial charge in [0.05, 0.1) is 9.90 Å². The van der Waals surface area contributed by atoms with Crippen LogP contribution in [0.5, 0.6) is 0 Å². The van der Waals surface area contributed by atoms with Gasteiger partial charge in [0, 0.05) is 12.3 Å². The number of nitrogens with two attached hydrogens (primary N) is 1. The lowest BCUT2D eigenvalue weighted by Gasteiger charge is -2.13. The van der Waals surface area contributed by atoms with Crippen LogP contribution >= 0.6 is 23.1 Å². The van der Waals surface area contributed by atoms with Gasteiger partial charge in [-0.3, -0.25) is 0 Å². The largest absolute Gasteiger partial charge is 0.375 e. The van der Waals surface area contributed by atoms with Gasteiger partial charge in [-0.2, -0.15) is 0 Å². The molecule has 0 radical (unpaired) electrons. The molecule has 0 saturated carbocycles. The first kappa shape index (κ1) is 11.2. The highest BCUT2D eigenvalue weighted by Crippen LogP contribution is 2.30. The number of likely N-dealkylation sites (tertiary alicyclic amines) is 1. The number of nitrogen functional groups attached to an aromatic ring is 1. The summed E-state index contributed by atoms with van der Waals surface area (Å²) in [6.45, 7) is 5.79. The van der Waals surface area contributed by atoms with E-state index >= 15 is 0 Å². The van der Waals surface area contributed by atoms with Gasteiger partial charge >= 0.3 is 0 Å². The fourth-order valence-electron chi connectivity index (χ4n) is 1.81. The molecule has 0 aromatic carbocycles. The topological polar surface area (TPSA) is 42.1 Å². The van der Waals surface area contributed by atoms with E-state index in [0.29, 0.717) is 5.13 Å². The molecule has 2 heterocycles. The molecule has 0 atom stereocenters. The third-order valence-electron chi connectivity index (χ3n) is 2.61. The Hall–Kier alpha value is -0.260. The summed E-state index contributed by atoms with van der Waals surface area (Å²) in [5.74, 6) is 1.16. The van der Waals surface area contributed by atoms with E-state index in [-0.39, 0.29) is 0 Å². The molecule has 1 aliphatic rings. The van der Waals surface area contributed by atoms with Gasteiger partial charge in [-0.15, -0.1) is 11.8 Å². The SMILES string of the molecule is Cc1nc(N)sc1SCCN1CCCC1. The van der Waals surface area contributed by atoms with Crippen molar-refractivity contribution in [1.82, 2.24) is 9.88 Å². The van der Waals surface area contributed by atoms with Crippen LogP contribution in [0.4, 0.5) is 5.13 Å². The zero-order chi connectivity index (χ0) is 10.7. The van der Waals surface area contributed by atoms with E-state index in [4.69, 9.17) is 5.73 Å². The molecule has 1 aromatic heterocycles. The zero-order valence-electron chi connectivity index (χ0n) is 9.03. The van der Waals surface area contributed by atoms with Gasteiger partial charge in [0.15, 0.2) is 5.13 Å². The first-order valence-electron chi connectivity index (χ1n) is 5.34. The Kier molecular flexibility index (Phi) is 3.88. The van der Waals surface area contributed by atoms with Crippen LogP contribution in [-0.2, 0) is 0 Å². The van der Waals surface area contributed by atoms with Crippen molar-refractivity contribution < 1.29 is 0 Å². The third kappa shape index (κ3) is 3.09. The average Bonchev–Trinajstić information content (AvgIpc) is 2.77. The molecule has 84 valence electrons. The number of nitrogens with zero attached hydrogens (tertiary/aromatic N) is 2. The molecule has 5 heteroatoms. The molecule has 0 unspecified atom stereocenters. The van der Waals surface area contributed by atoms with Crippen molar-refractivity contribution in [3.8, 4) is 0 Å². The quantitative estimate of drug-likeness (QED) is 0.823. The molecule has 0 bridgehead atoms. The molecule has 1 saturated heterocycles. The third-order valence-corrected chi connectivity index (χ3v) is 4.94. The highest BCUT2D eigenvalue weighted by atomic mass is 32.2. The summed E-state index contributed by atoms with van der Waals surface area (Å²) in [7, 11) is 0. The Morgan fingerprint density at radius 2 is 2.20 bits per heavy atom. The van der Waals surface area contributed by atoms with Gasteiger partial charge in [0.2, 0.25) is 0 Å². The zero-order valence-corrected chi connectivity index (χ0v) is 10.7. The van der Waals surface area contributed by atoms with Crippen molar-refractivity contribution >= 4 is 28.2 Å². The minimum absolute atomic E-state index is 0.691. The summed E-state index contributed by atoms with van der Waals surface area (Å²) in [5, 5.41) is 0.691. The maximum atomic E-state index is 5.66. The van der Waals surface area contributed by atoms with Crippen molar-refractivity contribution in [1.29, 1.82) is 0 Å². The summed E-state index contributed by atoms with van der Waals surface area (Å²) in [6, 6.07) is 0. The number of thiazole rings is 1. The number of hydrogen-bond donors (Lipinski definition) is 1. The van der Waals surface area contributed by atoms with Gasteiger partial charge in [-0.05, 0) is 32.9 Å². The van der Waals surface area contributed by atoms with E-state index in [1.807, 2.05) is 18.7 Å². The van der Waals surface area contributed by atoms with Crippen molar-refractivity contribution in [2.75, 3.05) is 31.1 Å². The molecular weight excluding hydrogens is 226 g/mol. The Morgan fingerprint density at radius 3 is 2.80 bits per heavy atom. The maximum absolute atomic E-state index is 5.66. The predicted molar refractivity (Wildman–Crippen MR) is 67.7 cm³/mol. The van der Waals surface area contributed by atoms with E-state index in [1.54, 1.807) is 11.3 Å². The van der Waals surface area contributed by atoms with Crippen LogP contribution in [0.15, 0.2) is 4.21 Å². The minimum Gasteiger partial charge on any atom is -0.375 e. The Labute approximate surface area is 99.1 Å². The van der Waals surface area contributed by atoms with Gasteiger partial charge in [0.1, 0.15) is 0 Å². The predicted octanol–water partition coefficient (Wildman–Crippen LogP) is 2.22. The number of thioether (sulfide) groups is 1. The molecular formula is C10H17N3S2. The van der Waals surface area contributed by atoms with Gasteiger partial charge < -0.3 is 10.6 Å². The van der Waals surface area contributed by atoms with Crippen molar-refractivity contribution in [3.63, 3.8) is 0 Å². The van der Waals surface area contributed by atoms with Crippen LogP contribution in [-0.4, -0.2) is 35.3 Å². The van der Waals surface area contributed by atoms with Crippen LogP contribution in [0.1, 0.15) is 18.5 Å². The van der Waals surface area contributed by atoms with E-state index in [9.17, 15) is 0 Å². The monoisotopic (exact) mass is 243 g/mol. The second-order valence-electron chi connectivity index (χ2n) is 3.82.